The Balaban J connectivity index is 3.65. The molecule has 78 valence electrons. The first-order chi connectivity index (χ1) is 6.11. The molecule has 0 atom stereocenters. The van der Waals surface area contributed by atoms with Gasteiger partial charge in [0, 0.05) is 12.6 Å². The van der Waals surface area contributed by atoms with E-state index in [1.54, 1.807) is 11.9 Å². The first kappa shape index (κ1) is 12.8. The lowest BCUT2D eigenvalue weighted by atomic mass is 10.3. The van der Waals surface area contributed by atoms with Crippen molar-refractivity contribution in [3.05, 3.63) is 0 Å². The lowest BCUT2D eigenvalue weighted by Gasteiger charge is -2.22. The van der Waals surface area contributed by atoms with Crippen LogP contribution in [0.1, 0.15) is 27.2 Å². The van der Waals surface area contributed by atoms with E-state index in [2.05, 4.69) is 18.2 Å². The zero-order valence-corrected chi connectivity index (χ0v) is 9.69. The van der Waals surface area contributed by atoms with Crippen molar-refractivity contribution in [2.24, 2.45) is 0 Å². The minimum atomic E-state index is -0.109. The van der Waals surface area contributed by atoms with Gasteiger partial charge in [-0.3, -0.25) is 4.79 Å². The van der Waals surface area contributed by atoms with Crippen LogP contribution >= 0.6 is 11.9 Å². The summed E-state index contributed by atoms with van der Waals surface area (Å²) in [5, 5.41) is 0. The summed E-state index contributed by atoms with van der Waals surface area (Å²) in [4.78, 5) is 11.0. The number of hydrogen-bond acceptors (Lipinski definition) is 4. The molecule has 0 radical (unpaired) electrons. The number of hydrogen-bond donors (Lipinski definition) is 0. The Labute approximate surface area is 85.0 Å². The topological polar surface area (TPSA) is 29.5 Å². The molecule has 13 heavy (non-hydrogen) atoms. The van der Waals surface area contributed by atoms with E-state index < -0.39 is 0 Å². The number of esters is 1. The van der Waals surface area contributed by atoms with Gasteiger partial charge in [-0.1, -0.05) is 11.9 Å². The van der Waals surface area contributed by atoms with E-state index in [0.717, 1.165) is 6.54 Å². The number of carbonyl (C=O) groups excluding carboxylic acids is 1. The summed E-state index contributed by atoms with van der Waals surface area (Å²) in [5.41, 5.74) is 0. The van der Waals surface area contributed by atoms with Gasteiger partial charge in [-0.2, -0.15) is 0 Å². The Bertz CT molecular complexity index is 151. The average molecular weight is 205 g/mol. The minimum absolute atomic E-state index is 0.109. The Kier molecular flexibility index (Phi) is 7.09. The molecule has 0 saturated heterocycles. The van der Waals surface area contributed by atoms with Gasteiger partial charge in [0.25, 0.3) is 0 Å². The van der Waals surface area contributed by atoms with Crippen molar-refractivity contribution in [1.29, 1.82) is 0 Å². The lowest BCUT2D eigenvalue weighted by Crippen LogP contribution is -2.26. The second kappa shape index (κ2) is 7.21. The number of carbonyl (C=O) groups is 1. The fraction of sp³-hybridized carbons (Fsp3) is 0.889. The van der Waals surface area contributed by atoms with Crippen LogP contribution in [0.5, 0.6) is 0 Å². The molecule has 0 aliphatic heterocycles. The molecule has 4 heteroatoms. The summed E-state index contributed by atoms with van der Waals surface area (Å²) in [6.07, 6.45) is 2.50. The van der Waals surface area contributed by atoms with E-state index in [9.17, 15) is 4.79 Å². The summed E-state index contributed by atoms with van der Waals surface area (Å²) in [5.74, 6) is -0.109. The van der Waals surface area contributed by atoms with Crippen molar-refractivity contribution in [2.75, 3.05) is 19.4 Å². The molecule has 0 unspecified atom stereocenters. The molecular weight excluding hydrogens is 186 g/mol. The molecular formula is C9H19NO2S. The second-order valence-corrected chi connectivity index (χ2v) is 3.81. The maximum absolute atomic E-state index is 11.0. The molecule has 0 aromatic rings. The Hall–Kier alpha value is -0.220. The standard InChI is InChI=1S/C9H19NO2S/c1-5-12-9(11)6-7-10(13-4)8(2)3/h8H,5-7H2,1-4H3. The molecule has 0 saturated carbocycles. The fourth-order valence-electron chi connectivity index (χ4n) is 0.995. The van der Waals surface area contributed by atoms with E-state index in [4.69, 9.17) is 4.74 Å². The van der Waals surface area contributed by atoms with Gasteiger partial charge in [0.2, 0.25) is 0 Å². The van der Waals surface area contributed by atoms with Crippen molar-refractivity contribution in [2.45, 2.75) is 33.2 Å². The highest BCUT2D eigenvalue weighted by Gasteiger charge is 2.10. The van der Waals surface area contributed by atoms with E-state index in [1.165, 1.54) is 0 Å². The summed E-state index contributed by atoms with van der Waals surface area (Å²) in [7, 11) is 0. The SMILES string of the molecule is CCOC(=O)CCN(SC)C(C)C. The van der Waals surface area contributed by atoms with Crippen molar-refractivity contribution < 1.29 is 9.53 Å². The molecule has 0 rings (SSSR count). The van der Waals surface area contributed by atoms with Crippen LogP contribution in [0.2, 0.25) is 0 Å². The Morgan fingerprint density at radius 1 is 1.54 bits per heavy atom. The van der Waals surface area contributed by atoms with Gasteiger partial charge in [-0.25, -0.2) is 4.31 Å². The van der Waals surface area contributed by atoms with E-state index in [-0.39, 0.29) is 5.97 Å². The number of ether oxygens (including phenoxy) is 1. The minimum Gasteiger partial charge on any atom is -0.466 e. The quantitative estimate of drug-likeness (QED) is 0.489. The van der Waals surface area contributed by atoms with Gasteiger partial charge < -0.3 is 4.74 Å². The third kappa shape index (κ3) is 5.93. The maximum atomic E-state index is 11.0. The van der Waals surface area contributed by atoms with Gasteiger partial charge in [-0.05, 0) is 27.0 Å². The molecule has 3 nitrogen and oxygen atoms in total. The Morgan fingerprint density at radius 3 is 2.54 bits per heavy atom. The fourth-order valence-corrected chi connectivity index (χ4v) is 1.69. The monoisotopic (exact) mass is 205 g/mol. The van der Waals surface area contributed by atoms with Crippen LogP contribution < -0.4 is 0 Å². The summed E-state index contributed by atoms with van der Waals surface area (Å²) >= 11 is 1.66. The molecule has 0 aliphatic carbocycles. The molecule has 0 spiro atoms. The number of nitrogens with zero attached hydrogens (tertiary/aromatic N) is 1. The molecule has 0 aromatic heterocycles. The van der Waals surface area contributed by atoms with Crippen molar-refractivity contribution in [1.82, 2.24) is 4.31 Å². The first-order valence-electron chi connectivity index (χ1n) is 4.58. The van der Waals surface area contributed by atoms with E-state index in [1.807, 2.05) is 13.2 Å². The molecule has 0 heterocycles. The zero-order valence-electron chi connectivity index (χ0n) is 8.87. The maximum Gasteiger partial charge on any atom is 0.307 e. The zero-order chi connectivity index (χ0) is 10.3. The molecule has 0 aliphatic rings. The smallest absolute Gasteiger partial charge is 0.307 e. The second-order valence-electron chi connectivity index (χ2n) is 2.97. The van der Waals surface area contributed by atoms with Crippen LogP contribution in [0.4, 0.5) is 0 Å². The van der Waals surface area contributed by atoms with E-state index in [0.29, 0.717) is 19.1 Å². The highest BCUT2D eigenvalue weighted by Crippen LogP contribution is 2.10. The molecule has 0 amide bonds. The lowest BCUT2D eigenvalue weighted by molar-refractivity contribution is -0.143. The Morgan fingerprint density at radius 2 is 2.15 bits per heavy atom. The van der Waals surface area contributed by atoms with Gasteiger partial charge >= 0.3 is 5.97 Å². The predicted octanol–water partition coefficient (Wildman–Crippen LogP) is 1.93. The van der Waals surface area contributed by atoms with Gasteiger partial charge in [-0.15, -0.1) is 0 Å². The molecule has 0 aromatic carbocycles. The van der Waals surface area contributed by atoms with Crippen LogP contribution in [0.25, 0.3) is 0 Å². The van der Waals surface area contributed by atoms with Crippen molar-refractivity contribution >= 4 is 17.9 Å². The van der Waals surface area contributed by atoms with Crippen LogP contribution in [0.15, 0.2) is 0 Å². The van der Waals surface area contributed by atoms with Gasteiger partial charge in [0.05, 0.1) is 13.0 Å². The van der Waals surface area contributed by atoms with Crippen LogP contribution in [-0.2, 0) is 9.53 Å². The molecule has 0 fully saturated rings. The highest BCUT2D eigenvalue weighted by atomic mass is 32.2. The largest absolute Gasteiger partial charge is 0.466 e. The normalized spacial score (nSPS) is 10.9. The first-order valence-corrected chi connectivity index (χ1v) is 5.76. The van der Waals surface area contributed by atoms with Crippen LogP contribution in [0.3, 0.4) is 0 Å². The third-order valence-electron chi connectivity index (χ3n) is 1.65. The third-order valence-corrected chi connectivity index (χ3v) is 2.73. The average Bonchev–Trinajstić information content (AvgIpc) is 2.05. The molecule has 0 bridgehead atoms. The van der Waals surface area contributed by atoms with Crippen LogP contribution in [0, 0.1) is 0 Å². The van der Waals surface area contributed by atoms with Crippen LogP contribution in [-0.4, -0.2) is 35.7 Å². The van der Waals surface area contributed by atoms with Crippen molar-refractivity contribution in [3.63, 3.8) is 0 Å². The van der Waals surface area contributed by atoms with Gasteiger partial charge in [0.15, 0.2) is 0 Å². The predicted molar refractivity (Wildman–Crippen MR) is 56.6 cm³/mol. The van der Waals surface area contributed by atoms with Gasteiger partial charge in [0.1, 0.15) is 0 Å². The van der Waals surface area contributed by atoms with Crippen molar-refractivity contribution in [3.8, 4) is 0 Å². The number of rotatable bonds is 6. The summed E-state index contributed by atoms with van der Waals surface area (Å²) in [6.45, 7) is 7.29. The molecule has 0 N–H and O–H groups in total. The summed E-state index contributed by atoms with van der Waals surface area (Å²) < 4.78 is 7.01. The summed E-state index contributed by atoms with van der Waals surface area (Å²) in [6, 6.07) is 0.462. The highest BCUT2D eigenvalue weighted by molar-refractivity contribution is 7.96. The van der Waals surface area contributed by atoms with E-state index >= 15 is 0 Å².